The van der Waals surface area contributed by atoms with Crippen molar-refractivity contribution < 1.29 is 39.7 Å². The van der Waals surface area contributed by atoms with Crippen LogP contribution >= 0.6 is 0 Å². The zero-order chi connectivity index (χ0) is 15.7. The first-order valence-electron chi connectivity index (χ1n) is 7.14. The lowest BCUT2D eigenvalue weighted by Gasteiger charge is -2.43. The third-order valence-electron chi connectivity index (χ3n) is 4.03. The molecule has 124 valence electrons. The van der Waals surface area contributed by atoms with Crippen LogP contribution in [0.15, 0.2) is 0 Å². The summed E-state index contributed by atoms with van der Waals surface area (Å²) in [6.45, 7) is 3.03. The second-order valence-electron chi connectivity index (χ2n) is 5.75. The van der Waals surface area contributed by atoms with Gasteiger partial charge in [0.2, 0.25) is 0 Å². The fourth-order valence-corrected chi connectivity index (χ4v) is 2.76. The van der Waals surface area contributed by atoms with Gasteiger partial charge in [-0.1, -0.05) is 0 Å². The van der Waals surface area contributed by atoms with E-state index in [2.05, 4.69) is 0 Å². The Morgan fingerprint density at radius 1 is 0.952 bits per heavy atom. The van der Waals surface area contributed by atoms with E-state index in [-0.39, 0.29) is 6.10 Å². The topological polar surface area (TPSA) is 129 Å². The second kappa shape index (κ2) is 6.84. The molecule has 21 heavy (non-hydrogen) atoms. The van der Waals surface area contributed by atoms with Crippen LogP contribution < -0.4 is 0 Å². The van der Waals surface area contributed by atoms with E-state index in [1.165, 1.54) is 0 Å². The monoisotopic (exact) mass is 308 g/mol. The SMILES string of the molecule is CC1CC(OC2OC(CO)C(O)C(O)C2O)C(O)C(C)O1. The molecule has 0 saturated carbocycles. The first-order chi connectivity index (χ1) is 9.85. The summed E-state index contributed by atoms with van der Waals surface area (Å²) in [5.74, 6) is 0. The van der Waals surface area contributed by atoms with E-state index in [0.717, 1.165) is 0 Å². The minimum atomic E-state index is -1.49. The lowest BCUT2D eigenvalue weighted by molar-refractivity contribution is -0.327. The van der Waals surface area contributed by atoms with Gasteiger partial charge >= 0.3 is 0 Å². The van der Waals surface area contributed by atoms with Crippen molar-refractivity contribution in [2.24, 2.45) is 0 Å². The Bertz CT molecular complexity index is 338. The van der Waals surface area contributed by atoms with Crippen LogP contribution in [0.5, 0.6) is 0 Å². The maximum atomic E-state index is 10.1. The summed E-state index contributed by atoms with van der Waals surface area (Å²) < 4.78 is 16.3. The first-order valence-corrected chi connectivity index (χ1v) is 7.14. The molecule has 0 aliphatic carbocycles. The highest BCUT2D eigenvalue weighted by Crippen LogP contribution is 2.28. The summed E-state index contributed by atoms with van der Waals surface area (Å²) in [6, 6.07) is 0. The van der Waals surface area contributed by atoms with Crippen molar-refractivity contribution in [3.8, 4) is 0 Å². The third kappa shape index (κ3) is 3.54. The van der Waals surface area contributed by atoms with Crippen molar-refractivity contribution in [1.82, 2.24) is 0 Å². The van der Waals surface area contributed by atoms with Gasteiger partial charge in [-0.15, -0.1) is 0 Å². The second-order valence-corrected chi connectivity index (χ2v) is 5.75. The predicted molar refractivity (Wildman–Crippen MR) is 69.3 cm³/mol. The number of aliphatic hydroxyl groups excluding tert-OH is 5. The molecule has 2 fully saturated rings. The third-order valence-corrected chi connectivity index (χ3v) is 4.03. The fourth-order valence-electron chi connectivity index (χ4n) is 2.76. The van der Waals surface area contributed by atoms with Crippen molar-refractivity contribution in [2.45, 2.75) is 75.4 Å². The van der Waals surface area contributed by atoms with Gasteiger partial charge in [0.15, 0.2) is 6.29 Å². The Balaban J connectivity index is 2.03. The van der Waals surface area contributed by atoms with E-state index >= 15 is 0 Å². The molecule has 8 heteroatoms. The Morgan fingerprint density at radius 3 is 2.24 bits per heavy atom. The van der Waals surface area contributed by atoms with Crippen LogP contribution in [0.3, 0.4) is 0 Å². The van der Waals surface area contributed by atoms with Crippen molar-refractivity contribution in [1.29, 1.82) is 0 Å². The molecule has 9 unspecified atom stereocenters. The van der Waals surface area contributed by atoms with Gasteiger partial charge in [-0.3, -0.25) is 0 Å². The Hall–Kier alpha value is -0.320. The molecule has 5 N–H and O–H groups in total. The summed E-state index contributed by atoms with van der Waals surface area (Å²) in [5.41, 5.74) is 0. The van der Waals surface area contributed by atoms with Gasteiger partial charge in [0, 0.05) is 6.42 Å². The van der Waals surface area contributed by atoms with Crippen LogP contribution in [-0.4, -0.2) is 87.3 Å². The minimum absolute atomic E-state index is 0.127. The molecule has 2 aliphatic rings. The molecule has 0 aromatic heterocycles. The molecule has 2 aliphatic heterocycles. The van der Waals surface area contributed by atoms with Crippen LogP contribution in [0.1, 0.15) is 20.3 Å². The Kier molecular flexibility index (Phi) is 5.55. The molecular formula is C13H24O8. The van der Waals surface area contributed by atoms with Crippen LogP contribution in [0.25, 0.3) is 0 Å². The molecule has 8 nitrogen and oxygen atoms in total. The summed E-state index contributed by atoms with van der Waals surface area (Å²) >= 11 is 0. The highest BCUT2D eigenvalue weighted by atomic mass is 16.7. The van der Waals surface area contributed by atoms with Gasteiger partial charge in [-0.25, -0.2) is 0 Å². The minimum Gasteiger partial charge on any atom is -0.394 e. The van der Waals surface area contributed by atoms with Gasteiger partial charge in [-0.2, -0.15) is 0 Å². The molecule has 0 spiro atoms. The van der Waals surface area contributed by atoms with Gasteiger partial charge in [-0.05, 0) is 13.8 Å². The summed E-state index contributed by atoms with van der Waals surface area (Å²) in [4.78, 5) is 0. The predicted octanol–water partition coefficient (Wildman–Crippen LogP) is -2.27. The quantitative estimate of drug-likeness (QED) is 0.395. The molecule has 2 heterocycles. The normalized spacial score (nSPS) is 51.9. The van der Waals surface area contributed by atoms with Crippen molar-refractivity contribution >= 4 is 0 Å². The van der Waals surface area contributed by atoms with E-state index in [9.17, 15) is 20.4 Å². The van der Waals surface area contributed by atoms with E-state index in [1.54, 1.807) is 6.92 Å². The van der Waals surface area contributed by atoms with Crippen LogP contribution in [0, 0.1) is 0 Å². The van der Waals surface area contributed by atoms with Gasteiger partial charge in [0.25, 0.3) is 0 Å². The lowest BCUT2D eigenvalue weighted by atomic mass is 9.97. The highest BCUT2D eigenvalue weighted by Gasteiger charge is 2.46. The van der Waals surface area contributed by atoms with Crippen molar-refractivity contribution in [3.63, 3.8) is 0 Å². The van der Waals surface area contributed by atoms with Gasteiger partial charge in [0.05, 0.1) is 24.9 Å². The standard InChI is InChI=1S/C13H24O8/c1-5-3-7(9(15)6(2)19-5)20-13-12(18)11(17)10(16)8(4-14)21-13/h5-18H,3-4H2,1-2H3. The maximum Gasteiger partial charge on any atom is 0.187 e. The van der Waals surface area contributed by atoms with E-state index in [4.69, 9.17) is 19.3 Å². The zero-order valence-corrected chi connectivity index (χ0v) is 12.1. The van der Waals surface area contributed by atoms with Gasteiger partial charge < -0.3 is 39.7 Å². The molecule has 9 atom stereocenters. The Morgan fingerprint density at radius 2 is 1.62 bits per heavy atom. The summed E-state index contributed by atoms with van der Waals surface area (Å²) in [7, 11) is 0. The van der Waals surface area contributed by atoms with Crippen LogP contribution in [0.4, 0.5) is 0 Å². The largest absolute Gasteiger partial charge is 0.394 e. The van der Waals surface area contributed by atoms with E-state index < -0.39 is 55.6 Å². The van der Waals surface area contributed by atoms with Gasteiger partial charge in [0.1, 0.15) is 30.5 Å². The average Bonchev–Trinajstić information content (AvgIpc) is 2.44. The average molecular weight is 308 g/mol. The molecular weight excluding hydrogens is 284 g/mol. The van der Waals surface area contributed by atoms with Crippen LogP contribution in [-0.2, 0) is 14.2 Å². The van der Waals surface area contributed by atoms with Crippen molar-refractivity contribution in [3.05, 3.63) is 0 Å². The smallest absolute Gasteiger partial charge is 0.187 e. The molecule has 2 saturated heterocycles. The zero-order valence-electron chi connectivity index (χ0n) is 12.1. The van der Waals surface area contributed by atoms with Crippen molar-refractivity contribution in [2.75, 3.05) is 6.61 Å². The number of rotatable bonds is 3. The number of aliphatic hydroxyl groups is 5. The molecule has 0 bridgehead atoms. The molecule has 0 aromatic rings. The van der Waals surface area contributed by atoms with Crippen LogP contribution in [0.2, 0.25) is 0 Å². The lowest BCUT2D eigenvalue weighted by Crippen LogP contribution is -2.61. The molecule has 2 rings (SSSR count). The highest BCUT2D eigenvalue weighted by molar-refractivity contribution is 4.91. The summed E-state index contributed by atoms with van der Waals surface area (Å²) in [6.07, 6.45) is -8.34. The molecule has 0 aromatic carbocycles. The molecule has 0 amide bonds. The number of hydrogen-bond donors (Lipinski definition) is 5. The first kappa shape index (κ1) is 17.0. The Labute approximate surface area is 122 Å². The maximum absolute atomic E-state index is 10.1. The van der Waals surface area contributed by atoms with E-state index in [0.29, 0.717) is 6.42 Å². The number of hydrogen-bond acceptors (Lipinski definition) is 8. The van der Waals surface area contributed by atoms with E-state index in [1.807, 2.05) is 6.92 Å². The fraction of sp³-hybridized carbons (Fsp3) is 1.00. The molecule has 0 radical (unpaired) electrons. The number of ether oxygens (including phenoxy) is 3. The summed E-state index contributed by atoms with van der Waals surface area (Å²) in [5, 5.41) is 48.5.